The lowest BCUT2D eigenvalue weighted by Gasteiger charge is -2.41. The summed E-state index contributed by atoms with van der Waals surface area (Å²) < 4.78 is 19.0. The first-order valence-electron chi connectivity index (χ1n) is 10.1. The highest BCUT2D eigenvalue weighted by molar-refractivity contribution is 6.30. The molecule has 1 fully saturated rings. The first kappa shape index (κ1) is 24.1. The molecule has 0 aromatic heterocycles. The predicted octanol–water partition coefficient (Wildman–Crippen LogP) is 1.98. The average molecular weight is 441 g/mol. The fourth-order valence-corrected chi connectivity index (χ4v) is 4.10. The van der Waals surface area contributed by atoms with Gasteiger partial charge in [0.2, 0.25) is 0 Å². The maximum Gasteiger partial charge on any atom is 0.123 e. The van der Waals surface area contributed by atoms with Crippen molar-refractivity contribution in [3.8, 4) is 0 Å². The number of unbranched alkanes of at least 4 members (excludes halogenated alkanes) is 1. The van der Waals surface area contributed by atoms with E-state index in [1.807, 2.05) is 24.3 Å². The van der Waals surface area contributed by atoms with Gasteiger partial charge in [0.05, 0.1) is 18.8 Å². The lowest BCUT2D eigenvalue weighted by molar-refractivity contribution is -0.0294. The van der Waals surface area contributed by atoms with Gasteiger partial charge in [-0.25, -0.2) is 4.39 Å². The minimum atomic E-state index is -1.09. The molecule has 160 valence electrons. The summed E-state index contributed by atoms with van der Waals surface area (Å²) in [5.74, 6) is -0.447. The highest BCUT2D eigenvalue weighted by Gasteiger charge is 2.40. The Kier molecular flexibility index (Phi) is 9.38. The number of morpholine rings is 1. The van der Waals surface area contributed by atoms with Gasteiger partial charge in [-0.1, -0.05) is 55.6 Å². The van der Waals surface area contributed by atoms with Crippen LogP contribution in [-0.2, 0) is 10.3 Å². The Morgan fingerprint density at radius 2 is 1.72 bits per heavy atom. The summed E-state index contributed by atoms with van der Waals surface area (Å²) in [6.07, 6.45) is 2.49. The van der Waals surface area contributed by atoms with Crippen LogP contribution in [0.2, 0.25) is 5.02 Å². The highest BCUT2D eigenvalue weighted by atomic mass is 35.5. The number of hydrogen-bond donors (Lipinski definition) is 1. The molecule has 2 aromatic rings. The molecule has 2 unspecified atom stereocenters. The molecule has 3 rings (SSSR count). The summed E-state index contributed by atoms with van der Waals surface area (Å²) in [7, 11) is 0. The minimum Gasteiger partial charge on any atom is -1.00 e. The van der Waals surface area contributed by atoms with E-state index in [9.17, 15) is 9.50 Å². The van der Waals surface area contributed by atoms with Crippen molar-refractivity contribution in [1.29, 1.82) is 0 Å². The molecular weight excluding hydrogens is 412 g/mol. The molecule has 0 radical (unpaired) electrons. The van der Waals surface area contributed by atoms with E-state index in [0.717, 1.165) is 37.1 Å². The Balaban J connectivity index is 0.00000300. The first-order valence-corrected chi connectivity index (χ1v) is 10.4. The zero-order valence-electron chi connectivity index (χ0n) is 16.8. The number of nitrogens with zero attached hydrogens (tertiary/aromatic N) is 1. The van der Waals surface area contributed by atoms with Crippen molar-refractivity contribution in [1.82, 2.24) is 4.90 Å². The molecule has 29 heavy (non-hydrogen) atoms. The second kappa shape index (κ2) is 11.3. The van der Waals surface area contributed by atoms with E-state index in [0.29, 0.717) is 31.2 Å². The lowest BCUT2D eigenvalue weighted by atomic mass is 9.74. The Morgan fingerprint density at radius 1 is 1.10 bits per heavy atom. The molecular formula is C23H29Cl2FNO2-. The van der Waals surface area contributed by atoms with Crippen molar-refractivity contribution >= 4 is 11.6 Å². The van der Waals surface area contributed by atoms with Gasteiger partial charge in [0, 0.05) is 30.6 Å². The molecule has 2 aromatic carbocycles. The summed E-state index contributed by atoms with van der Waals surface area (Å²) in [5.41, 5.74) is 0.713. The Bertz CT molecular complexity index is 736. The van der Waals surface area contributed by atoms with Gasteiger partial charge in [0.1, 0.15) is 5.82 Å². The van der Waals surface area contributed by atoms with Crippen LogP contribution >= 0.6 is 11.6 Å². The van der Waals surface area contributed by atoms with Crippen molar-refractivity contribution in [2.24, 2.45) is 0 Å². The maximum absolute atomic E-state index is 13.5. The number of halogens is 3. The van der Waals surface area contributed by atoms with Crippen LogP contribution in [0.5, 0.6) is 0 Å². The van der Waals surface area contributed by atoms with E-state index >= 15 is 0 Å². The minimum absolute atomic E-state index is 0. The second-order valence-corrected chi connectivity index (χ2v) is 7.99. The summed E-state index contributed by atoms with van der Waals surface area (Å²) >= 11 is 6.11. The molecule has 1 aliphatic heterocycles. The molecule has 0 amide bonds. The van der Waals surface area contributed by atoms with Gasteiger partial charge in [-0.05, 0) is 41.8 Å². The van der Waals surface area contributed by atoms with Crippen LogP contribution in [0.3, 0.4) is 0 Å². The van der Waals surface area contributed by atoms with Gasteiger partial charge in [-0.15, -0.1) is 0 Å². The molecule has 3 nitrogen and oxygen atoms in total. The fourth-order valence-electron chi connectivity index (χ4n) is 3.97. The summed E-state index contributed by atoms with van der Waals surface area (Å²) in [6, 6.07) is 14.0. The molecule has 0 bridgehead atoms. The average Bonchev–Trinajstić information content (AvgIpc) is 2.72. The maximum atomic E-state index is 13.5. The molecule has 1 saturated heterocycles. The largest absolute Gasteiger partial charge is 1.00 e. The van der Waals surface area contributed by atoms with Crippen molar-refractivity contribution in [2.45, 2.75) is 37.7 Å². The molecule has 0 spiro atoms. The van der Waals surface area contributed by atoms with E-state index < -0.39 is 5.60 Å². The number of hydrogen-bond acceptors (Lipinski definition) is 3. The number of rotatable bonds is 8. The van der Waals surface area contributed by atoms with Crippen LogP contribution in [-0.4, -0.2) is 42.9 Å². The van der Waals surface area contributed by atoms with Crippen LogP contribution in [0.4, 0.5) is 4.39 Å². The van der Waals surface area contributed by atoms with Crippen molar-refractivity contribution in [2.75, 3.05) is 32.8 Å². The van der Waals surface area contributed by atoms with Crippen LogP contribution in [0.1, 0.15) is 43.2 Å². The zero-order valence-corrected chi connectivity index (χ0v) is 18.3. The third kappa shape index (κ3) is 6.16. The zero-order chi connectivity index (χ0) is 20.0. The summed E-state index contributed by atoms with van der Waals surface area (Å²) in [5, 5.41) is 12.7. The van der Waals surface area contributed by atoms with Gasteiger partial charge in [0.15, 0.2) is 0 Å². The molecule has 2 atom stereocenters. The smallest absolute Gasteiger partial charge is 0.123 e. The van der Waals surface area contributed by atoms with E-state index in [2.05, 4.69) is 11.8 Å². The topological polar surface area (TPSA) is 32.7 Å². The van der Waals surface area contributed by atoms with Crippen LogP contribution in [0.25, 0.3) is 0 Å². The normalized spacial score (nSPS) is 17.9. The quantitative estimate of drug-likeness (QED) is 0.680. The van der Waals surface area contributed by atoms with Crippen LogP contribution < -0.4 is 12.4 Å². The van der Waals surface area contributed by atoms with Gasteiger partial charge in [0.25, 0.3) is 0 Å². The molecule has 6 heteroatoms. The Labute approximate surface area is 184 Å². The van der Waals surface area contributed by atoms with E-state index in [-0.39, 0.29) is 24.1 Å². The Morgan fingerprint density at radius 3 is 2.31 bits per heavy atom. The molecule has 0 saturated carbocycles. The SMILES string of the molecule is CCCCC(O)(c1ccc(F)cc1)C(CN1CCOCC1)c1ccc(Cl)cc1.[Cl-]. The summed E-state index contributed by atoms with van der Waals surface area (Å²) in [4.78, 5) is 2.34. The van der Waals surface area contributed by atoms with E-state index in [1.165, 1.54) is 12.1 Å². The number of benzene rings is 2. The molecule has 1 heterocycles. The van der Waals surface area contributed by atoms with Gasteiger partial charge in [-0.2, -0.15) is 0 Å². The van der Waals surface area contributed by atoms with Crippen LogP contribution in [0, 0.1) is 5.82 Å². The van der Waals surface area contributed by atoms with Crippen molar-refractivity contribution < 1.29 is 26.6 Å². The monoisotopic (exact) mass is 440 g/mol. The van der Waals surface area contributed by atoms with Crippen molar-refractivity contribution in [3.05, 3.63) is 70.5 Å². The first-order chi connectivity index (χ1) is 13.5. The second-order valence-electron chi connectivity index (χ2n) is 7.55. The van der Waals surface area contributed by atoms with E-state index in [1.54, 1.807) is 12.1 Å². The third-order valence-electron chi connectivity index (χ3n) is 5.65. The van der Waals surface area contributed by atoms with Gasteiger partial charge < -0.3 is 22.3 Å². The number of ether oxygens (including phenoxy) is 1. The standard InChI is InChI=1S/C23H29ClFNO2.ClH/c1-2-3-12-23(27,19-6-10-21(25)11-7-19)22(17-26-13-15-28-16-14-26)18-4-8-20(24)9-5-18;/h4-11,22,27H,2-3,12-17H2,1H3;1H/p-1. The predicted molar refractivity (Wildman–Crippen MR) is 111 cm³/mol. The van der Waals surface area contributed by atoms with Crippen molar-refractivity contribution in [3.63, 3.8) is 0 Å². The summed E-state index contributed by atoms with van der Waals surface area (Å²) in [6.45, 7) is 5.93. The van der Waals surface area contributed by atoms with E-state index in [4.69, 9.17) is 16.3 Å². The van der Waals surface area contributed by atoms with Gasteiger partial charge >= 0.3 is 0 Å². The van der Waals surface area contributed by atoms with Gasteiger partial charge in [-0.3, -0.25) is 4.90 Å². The van der Waals surface area contributed by atoms with Crippen LogP contribution in [0.15, 0.2) is 48.5 Å². The molecule has 0 aliphatic carbocycles. The highest BCUT2D eigenvalue weighted by Crippen LogP contribution is 2.42. The fraction of sp³-hybridized carbons (Fsp3) is 0.478. The number of aliphatic hydroxyl groups is 1. The Hall–Kier alpha value is -1.17. The lowest BCUT2D eigenvalue weighted by Crippen LogP contribution is -3.00. The molecule has 1 aliphatic rings. The third-order valence-corrected chi connectivity index (χ3v) is 5.90. The molecule has 1 N–H and O–H groups in total.